The van der Waals surface area contributed by atoms with Gasteiger partial charge in [-0.2, -0.15) is 0 Å². The molecule has 0 bridgehead atoms. The zero-order valence-electron chi connectivity index (χ0n) is 7.73. The van der Waals surface area contributed by atoms with Gasteiger partial charge in [-0.1, -0.05) is 25.7 Å². The molecule has 0 aromatic rings. The Labute approximate surface area is 80.1 Å². The summed E-state index contributed by atoms with van der Waals surface area (Å²) in [4.78, 5) is 0. The standard InChI is InChI=1S/C9H18N2S/c1-10-9(12)11-8-6-4-2-3-5-7-8/h8H,2-7H2,1H3,(H2,10,11,12). The molecule has 0 amide bonds. The van der Waals surface area contributed by atoms with Crippen molar-refractivity contribution in [1.29, 1.82) is 0 Å². The van der Waals surface area contributed by atoms with Crippen LogP contribution in [0.15, 0.2) is 0 Å². The third-order valence-electron chi connectivity index (χ3n) is 2.42. The van der Waals surface area contributed by atoms with E-state index in [0.717, 1.165) is 5.11 Å². The van der Waals surface area contributed by atoms with E-state index in [0.29, 0.717) is 6.04 Å². The Morgan fingerprint density at radius 3 is 2.25 bits per heavy atom. The highest BCUT2D eigenvalue weighted by atomic mass is 32.1. The van der Waals surface area contributed by atoms with Crippen LogP contribution < -0.4 is 10.6 Å². The van der Waals surface area contributed by atoms with Gasteiger partial charge >= 0.3 is 0 Å². The maximum absolute atomic E-state index is 5.06. The largest absolute Gasteiger partial charge is 0.366 e. The summed E-state index contributed by atoms with van der Waals surface area (Å²) in [5.74, 6) is 0. The molecule has 0 unspecified atom stereocenters. The summed E-state index contributed by atoms with van der Waals surface area (Å²) < 4.78 is 0. The van der Waals surface area contributed by atoms with Crippen molar-refractivity contribution in [2.45, 2.75) is 44.6 Å². The molecule has 1 fully saturated rings. The molecule has 1 aliphatic rings. The van der Waals surface area contributed by atoms with Crippen LogP contribution in [0.3, 0.4) is 0 Å². The number of nitrogens with one attached hydrogen (secondary N) is 2. The number of hydrogen-bond donors (Lipinski definition) is 2. The summed E-state index contributed by atoms with van der Waals surface area (Å²) in [6, 6.07) is 0.618. The summed E-state index contributed by atoms with van der Waals surface area (Å²) in [6.45, 7) is 0. The minimum absolute atomic E-state index is 0.618. The number of thiocarbonyl (C=S) groups is 1. The van der Waals surface area contributed by atoms with E-state index in [-0.39, 0.29) is 0 Å². The molecule has 3 heteroatoms. The van der Waals surface area contributed by atoms with Crippen LogP contribution in [0.1, 0.15) is 38.5 Å². The van der Waals surface area contributed by atoms with Gasteiger partial charge in [-0.3, -0.25) is 0 Å². The van der Waals surface area contributed by atoms with Crippen LogP contribution in [0.4, 0.5) is 0 Å². The SMILES string of the molecule is CNC(=S)NC1CCCCCC1. The van der Waals surface area contributed by atoms with E-state index in [1.807, 2.05) is 7.05 Å². The second-order valence-electron chi connectivity index (χ2n) is 3.41. The third-order valence-corrected chi connectivity index (χ3v) is 2.74. The normalized spacial score (nSPS) is 19.8. The van der Waals surface area contributed by atoms with E-state index in [4.69, 9.17) is 12.2 Å². The van der Waals surface area contributed by atoms with Gasteiger partial charge in [0.2, 0.25) is 0 Å². The lowest BCUT2D eigenvalue weighted by Crippen LogP contribution is -2.39. The van der Waals surface area contributed by atoms with Gasteiger partial charge in [0.05, 0.1) is 0 Å². The van der Waals surface area contributed by atoms with Crippen LogP contribution in [0.25, 0.3) is 0 Å². The Kier molecular flexibility index (Phi) is 4.36. The average molecular weight is 186 g/mol. The van der Waals surface area contributed by atoms with Crippen LogP contribution in [0.2, 0.25) is 0 Å². The van der Waals surface area contributed by atoms with Gasteiger partial charge in [0, 0.05) is 13.1 Å². The molecule has 1 aliphatic carbocycles. The van der Waals surface area contributed by atoms with Crippen molar-refractivity contribution in [2.75, 3.05) is 7.05 Å². The van der Waals surface area contributed by atoms with Gasteiger partial charge in [-0.25, -0.2) is 0 Å². The minimum atomic E-state index is 0.618. The smallest absolute Gasteiger partial charge is 0.166 e. The molecule has 2 N–H and O–H groups in total. The molecule has 1 saturated carbocycles. The van der Waals surface area contributed by atoms with Gasteiger partial charge in [-0.15, -0.1) is 0 Å². The first-order valence-corrected chi connectivity index (χ1v) is 5.22. The third kappa shape index (κ3) is 3.39. The van der Waals surface area contributed by atoms with E-state index in [2.05, 4.69) is 10.6 Å². The molecule has 12 heavy (non-hydrogen) atoms. The predicted octanol–water partition coefficient (Wildman–Crippen LogP) is 1.80. The van der Waals surface area contributed by atoms with Gasteiger partial charge in [-0.05, 0) is 25.1 Å². The quantitative estimate of drug-likeness (QED) is 0.482. The van der Waals surface area contributed by atoms with E-state index >= 15 is 0 Å². The van der Waals surface area contributed by atoms with Crippen molar-refractivity contribution in [3.63, 3.8) is 0 Å². The van der Waals surface area contributed by atoms with Gasteiger partial charge in [0.15, 0.2) is 5.11 Å². The maximum Gasteiger partial charge on any atom is 0.166 e. The summed E-state index contributed by atoms with van der Waals surface area (Å²) in [7, 11) is 1.87. The molecule has 2 nitrogen and oxygen atoms in total. The van der Waals surface area contributed by atoms with Crippen LogP contribution in [0, 0.1) is 0 Å². The molecule has 0 aliphatic heterocycles. The second kappa shape index (κ2) is 5.36. The lowest BCUT2D eigenvalue weighted by molar-refractivity contribution is 0.531. The molecule has 0 radical (unpaired) electrons. The first kappa shape index (κ1) is 9.78. The van der Waals surface area contributed by atoms with Crippen molar-refractivity contribution < 1.29 is 0 Å². The Morgan fingerprint density at radius 2 is 1.75 bits per heavy atom. The van der Waals surface area contributed by atoms with Crippen molar-refractivity contribution in [3.05, 3.63) is 0 Å². The van der Waals surface area contributed by atoms with Crippen molar-refractivity contribution >= 4 is 17.3 Å². The van der Waals surface area contributed by atoms with E-state index < -0.39 is 0 Å². The zero-order valence-corrected chi connectivity index (χ0v) is 8.54. The molecule has 70 valence electrons. The lowest BCUT2D eigenvalue weighted by atomic mass is 10.1. The van der Waals surface area contributed by atoms with Crippen molar-refractivity contribution in [2.24, 2.45) is 0 Å². The Balaban J connectivity index is 2.24. The maximum atomic E-state index is 5.06. The molecular formula is C9H18N2S. The van der Waals surface area contributed by atoms with Gasteiger partial charge < -0.3 is 10.6 Å². The predicted molar refractivity (Wildman–Crippen MR) is 56.3 cm³/mol. The van der Waals surface area contributed by atoms with Gasteiger partial charge in [0.25, 0.3) is 0 Å². The first-order valence-electron chi connectivity index (χ1n) is 4.81. The fourth-order valence-electron chi connectivity index (χ4n) is 1.68. The van der Waals surface area contributed by atoms with Crippen LogP contribution in [-0.2, 0) is 0 Å². The van der Waals surface area contributed by atoms with E-state index in [9.17, 15) is 0 Å². The van der Waals surface area contributed by atoms with Gasteiger partial charge in [0.1, 0.15) is 0 Å². The summed E-state index contributed by atoms with van der Waals surface area (Å²) in [5.41, 5.74) is 0. The Hall–Kier alpha value is -0.310. The Morgan fingerprint density at radius 1 is 1.17 bits per heavy atom. The van der Waals surface area contributed by atoms with Crippen LogP contribution in [-0.4, -0.2) is 18.2 Å². The fourth-order valence-corrected chi connectivity index (χ4v) is 1.85. The van der Waals surface area contributed by atoms with E-state index in [1.165, 1.54) is 38.5 Å². The molecule has 1 rings (SSSR count). The molecule has 0 aromatic carbocycles. The van der Waals surface area contributed by atoms with Crippen LogP contribution in [0.5, 0.6) is 0 Å². The lowest BCUT2D eigenvalue weighted by Gasteiger charge is -2.17. The molecule has 0 spiro atoms. The first-order chi connectivity index (χ1) is 5.83. The fraction of sp³-hybridized carbons (Fsp3) is 0.889. The van der Waals surface area contributed by atoms with Crippen LogP contribution >= 0.6 is 12.2 Å². The molecule has 0 saturated heterocycles. The highest BCUT2D eigenvalue weighted by Crippen LogP contribution is 2.16. The molecule has 0 aromatic heterocycles. The Bertz CT molecular complexity index is 139. The number of hydrogen-bond acceptors (Lipinski definition) is 1. The second-order valence-corrected chi connectivity index (χ2v) is 3.82. The van der Waals surface area contributed by atoms with Crippen molar-refractivity contribution in [1.82, 2.24) is 10.6 Å². The summed E-state index contributed by atoms with van der Waals surface area (Å²) >= 11 is 5.06. The average Bonchev–Trinajstić information content (AvgIpc) is 2.33. The molecule has 0 atom stereocenters. The molecular weight excluding hydrogens is 168 g/mol. The zero-order chi connectivity index (χ0) is 8.81. The topological polar surface area (TPSA) is 24.1 Å². The summed E-state index contributed by atoms with van der Waals surface area (Å²) in [5, 5.41) is 7.08. The monoisotopic (exact) mass is 186 g/mol. The highest BCUT2D eigenvalue weighted by molar-refractivity contribution is 7.80. The molecule has 0 heterocycles. The highest BCUT2D eigenvalue weighted by Gasteiger charge is 2.11. The minimum Gasteiger partial charge on any atom is -0.366 e. The van der Waals surface area contributed by atoms with E-state index in [1.54, 1.807) is 0 Å². The number of rotatable bonds is 1. The van der Waals surface area contributed by atoms with Crippen molar-refractivity contribution in [3.8, 4) is 0 Å². The summed E-state index contributed by atoms with van der Waals surface area (Å²) in [6.07, 6.45) is 8.05.